The normalized spacial score (nSPS) is 10.9. The Morgan fingerprint density at radius 3 is 1.67 bits per heavy atom. The lowest BCUT2D eigenvalue weighted by atomic mass is 10.1. The van der Waals surface area contributed by atoms with Crippen LogP contribution in [0.3, 0.4) is 0 Å². The van der Waals surface area contributed by atoms with E-state index in [1.807, 2.05) is 46.1 Å². The van der Waals surface area contributed by atoms with E-state index in [1.165, 1.54) is 5.56 Å². The standard InChI is InChI=1S/C9H14N2.C4H11N.C2H6/c1-8(11-10-2)9-6-4-3-5-7-9;1-4(2)5-3;1-2/h3-8,10-11H,1-2H3;4-5H,1-3H3;1-2H3. The molecular weight excluding hydrogens is 222 g/mol. The Hall–Kier alpha value is -0.900. The molecule has 0 aliphatic carbocycles. The molecule has 0 radical (unpaired) electrons. The summed E-state index contributed by atoms with van der Waals surface area (Å²) in [5.41, 5.74) is 7.32. The Kier molecular flexibility index (Phi) is 15.3. The van der Waals surface area contributed by atoms with E-state index in [0.717, 1.165) is 0 Å². The third-order valence-electron chi connectivity index (χ3n) is 2.24. The second-order valence-electron chi connectivity index (χ2n) is 3.97. The summed E-state index contributed by atoms with van der Waals surface area (Å²) in [6.07, 6.45) is 0. The van der Waals surface area contributed by atoms with Gasteiger partial charge in [0.15, 0.2) is 0 Å². The maximum atomic E-state index is 3.11. The van der Waals surface area contributed by atoms with Gasteiger partial charge in [-0.25, -0.2) is 0 Å². The maximum Gasteiger partial charge on any atom is 0.0434 e. The van der Waals surface area contributed by atoms with Crippen molar-refractivity contribution in [2.45, 2.75) is 46.7 Å². The van der Waals surface area contributed by atoms with E-state index in [2.05, 4.69) is 49.1 Å². The van der Waals surface area contributed by atoms with E-state index < -0.39 is 0 Å². The summed E-state index contributed by atoms with van der Waals surface area (Å²) in [6.45, 7) is 10.3. The molecule has 0 saturated heterocycles. The highest BCUT2D eigenvalue weighted by atomic mass is 15.3. The second kappa shape index (κ2) is 14.2. The first-order valence-corrected chi connectivity index (χ1v) is 6.76. The molecule has 18 heavy (non-hydrogen) atoms. The van der Waals surface area contributed by atoms with Crippen molar-refractivity contribution >= 4 is 0 Å². The van der Waals surface area contributed by atoms with Gasteiger partial charge in [0.25, 0.3) is 0 Å². The average molecular weight is 253 g/mol. The van der Waals surface area contributed by atoms with Gasteiger partial charge in [0.05, 0.1) is 0 Å². The Balaban J connectivity index is 0. The molecule has 3 N–H and O–H groups in total. The Bertz CT molecular complexity index is 247. The Morgan fingerprint density at radius 1 is 0.889 bits per heavy atom. The van der Waals surface area contributed by atoms with Crippen LogP contribution in [0.15, 0.2) is 30.3 Å². The smallest absolute Gasteiger partial charge is 0.0434 e. The van der Waals surface area contributed by atoms with Crippen LogP contribution in [0, 0.1) is 0 Å². The predicted molar refractivity (Wildman–Crippen MR) is 82.6 cm³/mol. The van der Waals surface area contributed by atoms with Crippen LogP contribution >= 0.6 is 0 Å². The number of nitrogens with one attached hydrogen (secondary N) is 3. The zero-order chi connectivity index (χ0) is 14.4. The van der Waals surface area contributed by atoms with Gasteiger partial charge in [-0.3, -0.25) is 10.9 Å². The molecule has 0 heterocycles. The first-order valence-electron chi connectivity index (χ1n) is 6.76. The SMILES string of the molecule is CC.CNC(C)C.CNNC(C)c1ccccc1. The van der Waals surface area contributed by atoms with E-state index in [1.54, 1.807) is 0 Å². The van der Waals surface area contributed by atoms with Crippen molar-refractivity contribution in [2.75, 3.05) is 14.1 Å². The maximum absolute atomic E-state index is 3.11. The van der Waals surface area contributed by atoms with E-state index >= 15 is 0 Å². The summed E-state index contributed by atoms with van der Waals surface area (Å²) in [7, 11) is 3.82. The monoisotopic (exact) mass is 253 g/mol. The molecule has 0 spiro atoms. The molecule has 0 aliphatic heterocycles. The van der Waals surface area contributed by atoms with Gasteiger partial charge in [0.1, 0.15) is 0 Å². The fraction of sp³-hybridized carbons (Fsp3) is 0.600. The van der Waals surface area contributed by atoms with Gasteiger partial charge >= 0.3 is 0 Å². The van der Waals surface area contributed by atoms with E-state index in [-0.39, 0.29) is 0 Å². The Morgan fingerprint density at radius 2 is 1.33 bits per heavy atom. The van der Waals surface area contributed by atoms with Crippen molar-refractivity contribution in [3.63, 3.8) is 0 Å². The van der Waals surface area contributed by atoms with Gasteiger partial charge in [0.2, 0.25) is 0 Å². The second-order valence-corrected chi connectivity index (χ2v) is 3.97. The molecular formula is C15H31N3. The fourth-order valence-electron chi connectivity index (χ4n) is 1.04. The van der Waals surface area contributed by atoms with Crippen LogP contribution in [-0.4, -0.2) is 20.1 Å². The van der Waals surface area contributed by atoms with Crippen LogP contribution in [0.5, 0.6) is 0 Å². The van der Waals surface area contributed by atoms with Crippen molar-refractivity contribution in [3.8, 4) is 0 Å². The van der Waals surface area contributed by atoms with Crippen LogP contribution in [0.4, 0.5) is 0 Å². The largest absolute Gasteiger partial charge is 0.318 e. The third-order valence-corrected chi connectivity index (χ3v) is 2.24. The predicted octanol–water partition coefficient (Wildman–Crippen LogP) is 3.11. The minimum atomic E-state index is 0.362. The van der Waals surface area contributed by atoms with E-state index in [0.29, 0.717) is 12.1 Å². The summed E-state index contributed by atoms with van der Waals surface area (Å²) >= 11 is 0. The van der Waals surface area contributed by atoms with Gasteiger partial charge in [-0.05, 0) is 26.6 Å². The van der Waals surface area contributed by atoms with Crippen LogP contribution < -0.4 is 16.2 Å². The molecule has 1 aromatic carbocycles. The highest BCUT2D eigenvalue weighted by molar-refractivity contribution is 5.17. The minimum absolute atomic E-state index is 0.362. The molecule has 1 unspecified atom stereocenters. The first kappa shape index (κ1) is 19.4. The lowest BCUT2D eigenvalue weighted by molar-refractivity contribution is 0.505. The number of hydrogen-bond acceptors (Lipinski definition) is 3. The highest BCUT2D eigenvalue weighted by Gasteiger charge is 1.99. The number of hydrogen-bond donors (Lipinski definition) is 3. The molecule has 1 aromatic rings. The molecule has 0 saturated carbocycles. The summed E-state index contributed by atoms with van der Waals surface area (Å²) < 4.78 is 0. The van der Waals surface area contributed by atoms with Gasteiger partial charge < -0.3 is 5.32 Å². The lowest BCUT2D eigenvalue weighted by Crippen LogP contribution is -2.30. The van der Waals surface area contributed by atoms with Gasteiger partial charge in [0, 0.05) is 12.1 Å². The highest BCUT2D eigenvalue weighted by Crippen LogP contribution is 2.09. The molecule has 0 bridgehead atoms. The Labute approximate surface area is 113 Å². The van der Waals surface area contributed by atoms with E-state index in [4.69, 9.17) is 0 Å². The topological polar surface area (TPSA) is 36.1 Å². The van der Waals surface area contributed by atoms with Gasteiger partial charge in [-0.15, -0.1) is 0 Å². The van der Waals surface area contributed by atoms with Crippen molar-refractivity contribution in [2.24, 2.45) is 0 Å². The molecule has 3 nitrogen and oxygen atoms in total. The zero-order valence-corrected chi connectivity index (χ0v) is 13.0. The number of benzene rings is 1. The van der Waals surface area contributed by atoms with Crippen molar-refractivity contribution in [3.05, 3.63) is 35.9 Å². The van der Waals surface area contributed by atoms with Crippen LogP contribution in [0.25, 0.3) is 0 Å². The molecule has 106 valence electrons. The molecule has 0 aromatic heterocycles. The summed E-state index contributed by atoms with van der Waals surface area (Å²) in [4.78, 5) is 0. The van der Waals surface area contributed by atoms with Gasteiger partial charge in [-0.1, -0.05) is 58.0 Å². The third kappa shape index (κ3) is 11.6. The minimum Gasteiger partial charge on any atom is -0.318 e. The summed E-state index contributed by atoms with van der Waals surface area (Å²) in [5, 5.41) is 3.03. The molecule has 3 heteroatoms. The first-order chi connectivity index (χ1) is 8.61. The van der Waals surface area contributed by atoms with Gasteiger partial charge in [-0.2, -0.15) is 0 Å². The van der Waals surface area contributed by atoms with Crippen molar-refractivity contribution in [1.82, 2.24) is 16.2 Å². The quantitative estimate of drug-likeness (QED) is 0.722. The average Bonchev–Trinajstić information content (AvgIpc) is 2.43. The molecule has 1 atom stereocenters. The number of hydrazine groups is 1. The fourth-order valence-corrected chi connectivity index (χ4v) is 1.04. The van der Waals surface area contributed by atoms with Crippen molar-refractivity contribution < 1.29 is 0 Å². The lowest BCUT2D eigenvalue weighted by Gasteiger charge is -2.12. The van der Waals surface area contributed by atoms with Crippen LogP contribution in [0.1, 0.15) is 46.2 Å². The molecule has 1 rings (SSSR count). The number of rotatable bonds is 4. The zero-order valence-electron chi connectivity index (χ0n) is 13.0. The van der Waals surface area contributed by atoms with Crippen LogP contribution in [0.2, 0.25) is 0 Å². The van der Waals surface area contributed by atoms with E-state index in [9.17, 15) is 0 Å². The van der Waals surface area contributed by atoms with Crippen molar-refractivity contribution in [1.29, 1.82) is 0 Å². The van der Waals surface area contributed by atoms with Crippen LogP contribution in [-0.2, 0) is 0 Å². The summed E-state index contributed by atoms with van der Waals surface area (Å²) in [6, 6.07) is 11.3. The summed E-state index contributed by atoms with van der Waals surface area (Å²) in [5.74, 6) is 0. The molecule has 0 amide bonds. The molecule has 0 aliphatic rings. The molecule has 0 fully saturated rings.